The van der Waals surface area contributed by atoms with E-state index < -0.39 is 167 Å². The van der Waals surface area contributed by atoms with Gasteiger partial charge in [-0.15, -0.1) is 0 Å². The third-order valence-electron chi connectivity index (χ3n) is 17.6. The molecule has 0 spiro atoms. The summed E-state index contributed by atoms with van der Waals surface area (Å²) >= 11 is 0. The highest BCUT2D eigenvalue weighted by molar-refractivity contribution is 6.00. The molecule has 18 atom stereocenters. The first-order valence-corrected chi connectivity index (χ1v) is 30.5. The van der Waals surface area contributed by atoms with Crippen LogP contribution in [0.5, 0.6) is 0 Å². The van der Waals surface area contributed by atoms with Crippen molar-refractivity contribution in [2.24, 2.45) is 22.9 Å². The van der Waals surface area contributed by atoms with E-state index in [-0.39, 0.29) is 72.3 Å². The third kappa shape index (κ3) is 14.5. The van der Waals surface area contributed by atoms with Gasteiger partial charge < -0.3 is 134 Å². The molecule has 2 aromatic carbocycles. The van der Waals surface area contributed by atoms with Gasteiger partial charge in [-0.1, -0.05) is 0 Å². The molecule has 4 aliphatic heterocycles. The summed E-state index contributed by atoms with van der Waals surface area (Å²) in [5.41, 5.74) is 26.8. The van der Waals surface area contributed by atoms with Crippen LogP contribution >= 0.6 is 0 Å². The first kappa shape index (κ1) is 70.1. The van der Waals surface area contributed by atoms with Gasteiger partial charge in [0.25, 0.3) is 0 Å². The molecule has 2 aromatic heterocycles. The van der Waals surface area contributed by atoms with Crippen molar-refractivity contribution >= 4 is 56.7 Å². The van der Waals surface area contributed by atoms with Crippen molar-refractivity contribution in [3.05, 3.63) is 73.6 Å². The van der Waals surface area contributed by atoms with E-state index in [0.717, 1.165) is 45.0 Å². The zero-order chi connectivity index (χ0) is 67.1. The van der Waals surface area contributed by atoms with Gasteiger partial charge in [0.1, 0.15) is 89.8 Å². The van der Waals surface area contributed by atoms with Crippen LogP contribution in [0.25, 0.3) is 21.8 Å². The zero-order valence-corrected chi connectivity index (χ0v) is 50.4. The maximum Gasteiger partial charge on any atom is 0.341 e. The van der Waals surface area contributed by atoms with Crippen molar-refractivity contribution in [1.82, 2.24) is 25.1 Å². The molecule has 15 unspecified atom stereocenters. The largest absolute Gasteiger partial charge is 0.477 e. The summed E-state index contributed by atoms with van der Waals surface area (Å²) in [7, 11) is 0. The average Bonchev–Trinajstić information content (AvgIpc) is 1.17. The molecule has 1 amide bonds. The number of carbonyl (C=O) groups is 3. The third-order valence-corrected chi connectivity index (χ3v) is 17.6. The molecule has 7 fully saturated rings. The number of nitrogen functional groups attached to an aromatic ring is 1. The van der Waals surface area contributed by atoms with Crippen LogP contribution in [0.2, 0.25) is 0 Å². The fourth-order valence-corrected chi connectivity index (χ4v) is 12.5. The number of carboxylic acids is 2. The number of aliphatic hydroxyl groups excluding tert-OH is 8. The molecule has 0 bridgehead atoms. The van der Waals surface area contributed by atoms with E-state index in [2.05, 4.69) is 16.0 Å². The van der Waals surface area contributed by atoms with E-state index in [4.69, 9.17) is 47.6 Å². The molecule has 31 nitrogen and oxygen atoms in total. The summed E-state index contributed by atoms with van der Waals surface area (Å²) < 4.78 is 71.2. The quantitative estimate of drug-likeness (QED) is 0.0468. The van der Waals surface area contributed by atoms with E-state index in [1.54, 1.807) is 11.0 Å². The van der Waals surface area contributed by atoms with Crippen LogP contribution in [-0.4, -0.2) is 247 Å². The van der Waals surface area contributed by atoms with Crippen molar-refractivity contribution in [3.63, 3.8) is 0 Å². The van der Waals surface area contributed by atoms with E-state index in [1.807, 2.05) is 23.3 Å². The molecular formula is C58H83F3N12O19. The Balaban J connectivity index is 0.000000169. The first-order chi connectivity index (χ1) is 43.6. The zero-order valence-electron chi connectivity index (χ0n) is 50.4. The number of nitrogens with two attached hydrogens (primary N) is 5. The lowest BCUT2D eigenvalue weighted by Crippen LogP contribution is -2.69. The number of fused-ring (bicyclic) bond motifs is 2. The molecular weight excluding hydrogens is 1230 g/mol. The number of ether oxygens (including phenoxy) is 4. The van der Waals surface area contributed by atoms with Crippen LogP contribution in [-0.2, 0) is 23.7 Å². The Bertz CT molecular complexity index is 3440. The maximum atomic E-state index is 15.6. The highest BCUT2D eigenvalue weighted by Gasteiger charge is 2.53. The van der Waals surface area contributed by atoms with Crippen LogP contribution in [0.1, 0.15) is 85.2 Å². The van der Waals surface area contributed by atoms with E-state index in [9.17, 15) is 79.4 Å². The van der Waals surface area contributed by atoms with Crippen molar-refractivity contribution in [2.75, 3.05) is 74.5 Å². The Kier molecular flexibility index (Phi) is 22.2. The number of nitrogens with one attached hydrogen (secondary N) is 3. The van der Waals surface area contributed by atoms with Crippen LogP contribution < -0.4 is 65.3 Å². The Labute approximate surface area is 523 Å². The Morgan fingerprint density at radius 1 is 0.750 bits per heavy atom. The van der Waals surface area contributed by atoms with Crippen molar-refractivity contribution in [3.8, 4) is 0 Å². The number of aliphatic hydroxyl groups is 8. The molecule has 3 saturated carbocycles. The minimum Gasteiger partial charge on any atom is -0.477 e. The Hall–Kier alpha value is -6.26. The average molecular weight is 1310 g/mol. The van der Waals surface area contributed by atoms with Crippen molar-refractivity contribution in [2.45, 2.75) is 174 Å². The number of aromatic nitrogens is 2. The highest BCUT2D eigenvalue weighted by atomic mass is 19.1. The minimum atomic E-state index is -1.76. The number of pyridine rings is 2. The lowest BCUT2D eigenvalue weighted by Gasteiger charge is -2.49. The van der Waals surface area contributed by atoms with E-state index >= 15 is 8.78 Å². The first-order valence-electron chi connectivity index (χ1n) is 30.5. The number of hydrogen-bond donors (Lipinski definition) is 18. The summed E-state index contributed by atoms with van der Waals surface area (Å²) in [5, 5.41) is 110. The fourth-order valence-electron chi connectivity index (χ4n) is 12.5. The second-order valence-corrected chi connectivity index (χ2v) is 24.5. The SMILES string of the molecule is C[C@@H]1CN(c2c(F)c(N)c3c(=O)c(C(=O)O)cn(C4CC4)c3c2F)C[C@H](C)N1.NCC[C@@H](O)C(=O)NC1CC(N)C(OC2OC(CN)C(O)C(O)C2O)C(O)C1OC1OC(CO)C(O)C(N)C1O.O=C(O)c1cn(C2CC2)c2cc(N3CCNCC3)c(F)cc2c1=O. The van der Waals surface area contributed by atoms with Crippen molar-refractivity contribution < 1.29 is 97.6 Å². The lowest BCUT2D eigenvalue weighted by molar-refractivity contribution is -0.332. The smallest absolute Gasteiger partial charge is 0.341 e. The van der Waals surface area contributed by atoms with E-state index in [1.165, 1.54) is 16.8 Å². The van der Waals surface area contributed by atoms with Crippen LogP contribution in [0, 0.1) is 17.5 Å². The topological polar surface area (TPSA) is 507 Å². The molecule has 23 N–H and O–H groups in total. The van der Waals surface area contributed by atoms with Gasteiger partial charge in [-0.3, -0.25) is 14.4 Å². The molecule has 7 aliphatic rings. The minimum absolute atomic E-state index is 0.0101. The molecule has 34 heteroatoms. The number of halogens is 3. The summed E-state index contributed by atoms with van der Waals surface area (Å²) in [6, 6.07) is -0.480. The molecule has 3 aliphatic carbocycles. The van der Waals surface area contributed by atoms with Gasteiger partial charge >= 0.3 is 11.9 Å². The lowest BCUT2D eigenvalue weighted by atomic mass is 9.83. The fraction of sp³-hybridized carbons (Fsp3) is 0.638. The highest BCUT2D eigenvalue weighted by Crippen LogP contribution is 2.43. The number of hydrogen-bond acceptors (Lipinski definition) is 26. The second-order valence-electron chi connectivity index (χ2n) is 24.5. The summed E-state index contributed by atoms with van der Waals surface area (Å²) in [6.45, 7) is 6.66. The molecule has 92 heavy (non-hydrogen) atoms. The monoisotopic (exact) mass is 1310 g/mol. The Morgan fingerprint density at radius 3 is 1.91 bits per heavy atom. The molecule has 4 saturated heterocycles. The number of amides is 1. The van der Waals surface area contributed by atoms with Gasteiger partial charge in [0.15, 0.2) is 24.2 Å². The molecule has 510 valence electrons. The Morgan fingerprint density at radius 2 is 1.33 bits per heavy atom. The number of carbonyl (C=O) groups excluding carboxylic acids is 1. The van der Waals surface area contributed by atoms with Gasteiger partial charge in [0.05, 0.1) is 46.5 Å². The number of anilines is 3. The normalized spacial score (nSPS) is 32.1. The number of rotatable bonds is 16. The number of aromatic carboxylic acids is 2. The standard InChI is InChI=1S/C22H43N5O13.C19H22F2N4O3.C17H18FN3O3/c23-2-1-8(29)20(36)27-7-3-6(25)18(39-22-16(34)15(33)13(31)9(4-24)37-22)17(35)19(7)40-21-14(32)11(26)12(30)10(5-28)38-21;1-8-5-24(6-9(2)23-8)17-13(20)15(22)12-16(14(17)21)25(10-3-4-10)7-11(18(12)26)19(27)28;18-13-7-11-14(8-15(13)20-5-3-19-4-6-20)21(10-1-2-10)9-12(16(11)22)17(23)24/h6-19,21-22,28-35H,1-5,23-26H2,(H,27,36);7-10,23H,3-6,22H2,1-2H3,(H,27,28);7-10,19H,1-6H2,(H,23,24)/t6?,7?,8-,9?,10?,11?,12?,13?,14?,15?,16?,17?,18?,19?,21?,22?;8-,9+;/m1../s1. The van der Waals surface area contributed by atoms with Gasteiger partial charge in [0, 0.05) is 93.8 Å². The predicted octanol–water partition coefficient (Wildman–Crippen LogP) is -4.76. The van der Waals surface area contributed by atoms with Crippen LogP contribution in [0.4, 0.5) is 30.2 Å². The number of nitrogens with zero attached hydrogens (tertiary/aromatic N) is 4. The molecule has 4 aromatic rings. The van der Waals surface area contributed by atoms with Gasteiger partial charge in [-0.25, -0.2) is 22.8 Å². The number of piperazine rings is 2. The second kappa shape index (κ2) is 29.2. The molecule has 0 radical (unpaired) electrons. The van der Waals surface area contributed by atoms with Gasteiger partial charge in [-0.2, -0.15) is 0 Å². The summed E-state index contributed by atoms with van der Waals surface area (Å²) in [5.74, 6) is -5.94. The molecule has 6 heterocycles. The molecule has 11 rings (SSSR count). The van der Waals surface area contributed by atoms with Crippen LogP contribution in [0.15, 0.2) is 34.1 Å². The van der Waals surface area contributed by atoms with Crippen LogP contribution in [0.3, 0.4) is 0 Å². The maximum absolute atomic E-state index is 15.6. The number of carboxylic acid groups (broad SMARTS) is 2. The van der Waals surface area contributed by atoms with Crippen molar-refractivity contribution in [1.29, 1.82) is 0 Å². The summed E-state index contributed by atoms with van der Waals surface area (Å²) in [6.07, 6.45) is -13.9. The van der Waals surface area contributed by atoms with E-state index in [0.29, 0.717) is 37.4 Å². The van der Waals surface area contributed by atoms with Gasteiger partial charge in [0.2, 0.25) is 16.8 Å². The predicted molar refractivity (Wildman–Crippen MR) is 322 cm³/mol. The number of benzene rings is 2. The van der Waals surface area contributed by atoms with Gasteiger partial charge in [-0.05, 0) is 71.0 Å². The summed E-state index contributed by atoms with van der Waals surface area (Å²) in [4.78, 5) is 64.0.